The van der Waals surface area contributed by atoms with Crippen LogP contribution in [-0.4, -0.2) is 38.1 Å². The first kappa shape index (κ1) is 13.5. The number of benzene rings is 1. The van der Waals surface area contributed by atoms with Gasteiger partial charge >= 0.3 is 12.0 Å². The van der Waals surface area contributed by atoms with Crippen molar-refractivity contribution < 1.29 is 14.7 Å². The fourth-order valence-corrected chi connectivity index (χ4v) is 2.86. The molecule has 0 fully saturated rings. The number of hydrogen-bond acceptors (Lipinski definition) is 5. The second kappa shape index (κ2) is 5.49. The van der Waals surface area contributed by atoms with E-state index in [1.165, 1.54) is 11.1 Å². The van der Waals surface area contributed by atoms with Gasteiger partial charge in [0.15, 0.2) is 6.04 Å². The SMILES string of the molecule is O=C(O)C1c2ccccc2CCN1C(=O)Nc1cnns1. The molecule has 2 amide bonds. The summed E-state index contributed by atoms with van der Waals surface area (Å²) in [5.74, 6) is -1.04. The normalized spacial score (nSPS) is 17.1. The van der Waals surface area contributed by atoms with Crippen molar-refractivity contribution in [2.45, 2.75) is 12.5 Å². The molecule has 1 aliphatic heterocycles. The van der Waals surface area contributed by atoms with Crippen molar-refractivity contribution in [1.29, 1.82) is 0 Å². The Bertz CT molecular complexity index is 674. The number of carbonyl (C=O) groups excluding carboxylic acids is 1. The number of carboxylic acids is 1. The zero-order valence-corrected chi connectivity index (χ0v) is 11.7. The Morgan fingerprint density at radius 1 is 1.38 bits per heavy atom. The van der Waals surface area contributed by atoms with Gasteiger partial charge in [-0.15, -0.1) is 5.10 Å². The van der Waals surface area contributed by atoms with Crippen molar-refractivity contribution >= 4 is 28.5 Å². The maximum absolute atomic E-state index is 12.3. The van der Waals surface area contributed by atoms with Crippen molar-refractivity contribution in [2.75, 3.05) is 11.9 Å². The number of carboxylic acid groups (broad SMARTS) is 1. The van der Waals surface area contributed by atoms with Crippen LogP contribution in [0.2, 0.25) is 0 Å². The zero-order valence-electron chi connectivity index (χ0n) is 10.9. The maximum Gasteiger partial charge on any atom is 0.331 e. The Labute approximate surface area is 124 Å². The molecule has 1 aliphatic rings. The van der Waals surface area contributed by atoms with E-state index >= 15 is 0 Å². The molecule has 0 saturated carbocycles. The Morgan fingerprint density at radius 2 is 2.19 bits per heavy atom. The van der Waals surface area contributed by atoms with Crippen molar-refractivity contribution in [3.8, 4) is 0 Å². The predicted molar refractivity (Wildman–Crippen MR) is 76.2 cm³/mol. The van der Waals surface area contributed by atoms with Crippen LogP contribution in [0.3, 0.4) is 0 Å². The monoisotopic (exact) mass is 304 g/mol. The summed E-state index contributed by atoms with van der Waals surface area (Å²) in [6, 6.07) is 5.87. The number of aliphatic carboxylic acids is 1. The van der Waals surface area contributed by atoms with Gasteiger partial charge in [-0.2, -0.15) is 0 Å². The molecular weight excluding hydrogens is 292 g/mol. The van der Waals surface area contributed by atoms with Crippen molar-refractivity contribution in [2.24, 2.45) is 0 Å². The Kier molecular flexibility index (Phi) is 3.53. The first-order chi connectivity index (χ1) is 10.2. The van der Waals surface area contributed by atoms with Crippen LogP contribution in [0.25, 0.3) is 0 Å². The van der Waals surface area contributed by atoms with Crippen LogP contribution < -0.4 is 5.32 Å². The fourth-order valence-electron chi connectivity index (χ4n) is 2.45. The lowest BCUT2D eigenvalue weighted by Gasteiger charge is -2.34. The smallest absolute Gasteiger partial charge is 0.331 e. The Hall–Kier alpha value is -2.48. The average Bonchev–Trinajstić information content (AvgIpc) is 2.98. The van der Waals surface area contributed by atoms with E-state index in [2.05, 4.69) is 14.9 Å². The number of anilines is 1. The van der Waals surface area contributed by atoms with Gasteiger partial charge in [0.05, 0.1) is 6.20 Å². The number of nitrogens with zero attached hydrogens (tertiary/aromatic N) is 3. The third-order valence-corrected chi connectivity index (χ3v) is 3.95. The van der Waals surface area contributed by atoms with Gasteiger partial charge in [0, 0.05) is 18.1 Å². The van der Waals surface area contributed by atoms with E-state index in [0.29, 0.717) is 23.5 Å². The molecule has 1 atom stereocenters. The number of hydrogen-bond donors (Lipinski definition) is 2. The second-order valence-corrected chi connectivity index (χ2v) is 5.38. The van der Waals surface area contributed by atoms with Gasteiger partial charge in [0.25, 0.3) is 0 Å². The first-order valence-electron chi connectivity index (χ1n) is 6.32. The third kappa shape index (κ3) is 2.57. The number of carbonyl (C=O) groups is 2. The van der Waals surface area contributed by atoms with E-state index in [1.807, 2.05) is 12.1 Å². The van der Waals surface area contributed by atoms with Gasteiger partial charge in [0.1, 0.15) is 5.00 Å². The highest BCUT2D eigenvalue weighted by Crippen LogP contribution is 2.30. The van der Waals surface area contributed by atoms with E-state index in [1.54, 1.807) is 12.1 Å². The molecule has 2 heterocycles. The van der Waals surface area contributed by atoms with Crippen LogP contribution in [0.15, 0.2) is 30.5 Å². The highest BCUT2D eigenvalue weighted by Gasteiger charge is 2.35. The first-order valence-corrected chi connectivity index (χ1v) is 7.10. The minimum absolute atomic E-state index is 0.353. The molecule has 0 saturated heterocycles. The quantitative estimate of drug-likeness (QED) is 0.881. The molecule has 0 radical (unpaired) electrons. The molecule has 0 aliphatic carbocycles. The summed E-state index contributed by atoms with van der Waals surface area (Å²) in [7, 11) is 0. The molecule has 1 aromatic heterocycles. The topological polar surface area (TPSA) is 95.4 Å². The van der Waals surface area contributed by atoms with Crippen LogP contribution >= 0.6 is 11.5 Å². The highest BCUT2D eigenvalue weighted by atomic mass is 32.1. The number of aromatic nitrogens is 2. The largest absolute Gasteiger partial charge is 0.479 e. The lowest BCUT2D eigenvalue weighted by molar-refractivity contribution is -0.142. The summed E-state index contributed by atoms with van der Waals surface area (Å²) in [6.07, 6.45) is 2.06. The minimum atomic E-state index is -1.04. The molecular formula is C13H12N4O3S. The molecule has 8 heteroatoms. The van der Waals surface area contributed by atoms with Crippen LogP contribution in [0.1, 0.15) is 17.2 Å². The number of fused-ring (bicyclic) bond motifs is 1. The minimum Gasteiger partial charge on any atom is -0.479 e. The lowest BCUT2D eigenvalue weighted by atomic mass is 9.93. The molecule has 2 aromatic rings. The molecule has 0 spiro atoms. The van der Waals surface area contributed by atoms with E-state index < -0.39 is 18.0 Å². The molecule has 3 rings (SSSR count). The van der Waals surface area contributed by atoms with E-state index in [9.17, 15) is 14.7 Å². The Balaban J connectivity index is 1.88. The average molecular weight is 304 g/mol. The number of rotatable bonds is 2. The number of urea groups is 1. The summed E-state index contributed by atoms with van der Waals surface area (Å²) in [5, 5.41) is 16.2. The third-order valence-electron chi connectivity index (χ3n) is 3.37. The van der Waals surface area contributed by atoms with E-state index in [-0.39, 0.29) is 0 Å². The molecule has 1 aromatic carbocycles. The molecule has 0 bridgehead atoms. The molecule has 1 unspecified atom stereocenters. The zero-order chi connectivity index (χ0) is 14.8. The summed E-state index contributed by atoms with van der Waals surface area (Å²) < 4.78 is 3.65. The van der Waals surface area contributed by atoms with Gasteiger partial charge in [-0.05, 0) is 17.5 Å². The van der Waals surface area contributed by atoms with Gasteiger partial charge in [-0.25, -0.2) is 9.59 Å². The standard InChI is InChI=1S/C13H12N4O3S/c18-12(19)11-9-4-2-1-3-8(9)5-6-17(11)13(20)15-10-7-14-16-21-10/h1-4,7,11H,5-6H2,(H,15,20)(H,18,19). The second-order valence-electron chi connectivity index (χ2n) is 4.59. The summed E-state index contributed by atoms with van der Waals surface area (Å²) in [6.45, 7) is 0.353. The predicted octanol–water partition coefficient (Wildman–Crippen LogP) is 1.75. The summed E-state index contributed by atoms with van der Waals surface area (Å²) in [4.78, 5) is 25.2. The van der Waals surface area contributed by atoms with Crippen LogP contribution in [0.4, 0.5) is 9.80 Å². The van der Waals surface area contributed by atoms with Crippen molar-refractivity contribution in [1.82, 2.24) is 14.5 Å². The van der Waals surface area contributed by atoms with Gasteiger partial charge in [-0.3, -0.25) is 5.32 Å². The number of nitrogens with one attached hydrogen (secondary N) is 1. The van der Waals surface area contributed by atoms with Gasteiger partial charge in [-0.1, -0.05) is 28.8 Å². The summed E-state index contributed by atoms with van der Waals surface area (Å²) >= 11 is 1.04. The van der Waals surface area contributed by atoms with Crippen molar-refractivity contribution in [3.63, 3.8) is 0 Å². The Morgan fingerprint density at radius 3 is 2.90 bits per heavy atom. The molecule has 21 heavy (non-hydrogen) atoms. The molecule has 2 N–H and O–H groups in total. The van der Waals surface area contributed by atoms with E-state index in [0.717, 1.165) is 17.1 Å². The van der Waals surface area contributed by atoms with Gasteiger partial charge in [0.2, 0.25) is 0 Å². The van der Waals surface area contributed by atoms with Crippen LogP contribution in [-0.2, 0) is 11.2 Å². The molecule has 108 valence electrons. The fraction of sp³-hybridized carbons (Fsp3) is 0.231. The highest BCUT2D eigenvalue weighted by molar-refractivity contribution is 7.10. The molecule has 7 nitrogen and oxygen atoms in total. The maximum atomic E-state index is 12.3. The van der Waals surface area contributed by atoms with E-state index in [4.69, 9.17) is 0 Å². The van der Waals surface area contributed by atoms with Gasteiger partial charge < -0.3 is 10.0 Å². The lowest BCUT2D eigenvalue weighted by Crippen LogP contribution is -2.45. The van der Waals surface area contributed by atoms with Crippen molar-refractivity contribution in [3.05, 3.63) is 41.6 Å². The number of amides is 2. The van der Waals surface area contributed by atoms with Crippen LogP contribution in [0.5, 0.6) is 0 Å². The summed E-state index contributed by atoms with van der Waals surface area (Å²) in [5.41, 5.74) is 1.63. The van der Waals surface area contributed by atoms with Crippen LogP contribution in [0, 0.1) is 0 Å².